The second-order valence-corrected chi connectivity index (χ2v) is 7.96. The highest BCUT2D eigenvalue weighted by Gasteiger charge is 2.10. The molecule has 1 aromatic heterocycles. The van der Waals surface area contributed by atoms with Crippen molar-refractivity contribution in [1.82, 2.24) is 0 Å². The quantitative estimate of drug-likeness (QED) is 0.228. The molecule has 4 rings (SSSR count). The summed E-state index contributed by atoms with van der Waals surface area (Å²) in [5, 5.41) is 0. The van der Waals surface area contributed by atoms with E-state index >= 15 is 0 Å². The van der Waals surface area contributed by atoms with Gasteiger partial charge in [-0.05, 0) is 78.1 Å². The number of halogens is 2. The van der Waals surface area contributed by atoms with Gasteiger partial charge in [-0.2, -0.15) is 0 Å². The number of hydrogen-bond donors (Lipinski definition) is 0. The van der Waals surface area contributed by atoms with Crippen molar-refractivity contribution in [2.75, 3.05) is 0 Å². The highest BCUT2D eigenvalue weighted by molar-refractivity contribution is 5.83. The molecule has 0 amide bonds. The van der Waals surface area contributed by atoms with E-state index in [1.165, 1.54) is 17.7 Å². The van der Waals surface area contributed by atoms with Gasteiger partial charge in [0.25, 0.3) is 0 Å². The topological polar surface area (TPSA) is 30.2 Å². The van der Waals surface area contributed by atoms with E-state index in [4.69, 9.17) is 4.42 Å². The fourth-order valence-corrected chi connectivity index (χ4v) is 3.67. The SMILES string of the molecule is Cc1ccc(CC(=C=Cc2ccc(C=O)cc2-c2ccco2)c2cc(F)cc(F)c2)cc1C. The number of furan rings is 1. The van der Waals surface area contributed by atoms with Crippen molar-refractivity contribution in [1.29, 1.82) is 0 Å². The number of allylic oxidation sites excluding steroid dienone is 1. The Hall–Kier alpha value is -4.01. The largest absolute Gasteiger partial charge is 0.464 e. The average molecular weight is 440 g/mol. The van der Waals surface area contributed by atoms with Crippen LogP contribution in [0.25, 0.3) is 23.0 Å². The molecule has 0 spiro atoms. The van der Waals surface area contributed by atoms with E-state index in [1.807, 2.05) is 32.0 Å². The second-order valence-electron chi connectivity index (χ2n) is 7.96. The molecule has 0 radical (unpaired) electrons. The first-order valence-electron chi connectivity index (χ1n) is 10.5. The number of rotatable bonds is 6. The van der Waals surface area contributed by atoms with Gasteiger partial charge in [0.1, 0.15) is 23.7 Å². The zero-order valence-electron chi connectivity index (χ0n) is 18.4. The van der Waals surface area contributed by atoms with Crippen LogP contribution >= 0.6 is 0 Å². The Bertz CT molecular complexity index is 1350. The molecule has 4 heteroatoms. The van der Waals surface area contributed by atoms with E-state index in [-0.39, 0.29) is 0 Å². The molecule has 1 heterocycles. The third kappa shape index (κ3) is 5.25. The van der Waals surface area contributed by atoms with Gasteiger partial charge in [-0.25, -0.2) is 8.78 Å². The van der Waals surface area contributed by atoms with Gasteiger partial charge >= 0.3 is 0 Å². The lowest BCUT2D eigenvalue weighted by Crippen LogP contribution is -1.94. The Morgan fingerprint density at radius 3 is 2.39 bits per heavy atom. The third-order valence-electron chi connectivity index (χ3n) is 5.57. The van der Waals surface area contributed by atoms with Crippen LogP contribution in [0.4, 0.5) is 8.78 Å². The molecule has 2 nitrogen and oxygen atoms in total. The lowest BCUT2D eigenvalue weighted by molar-refractivity contribution is 0.112. The normalized spacial score (nSPS) is 10.5. The van der Waals surface area contributed by atoms with Crippen LogP contribution in [0.2, 0.25) is 0 Å². The Kier molecular flexibility index (Phi) is 6.48. The molecule has 0 atom stereocenters. The molecule has 0 unspecified atom stereocenters. The summed E-state index contributed by atoms with van der Waals surface area (Å²) in [5.74, 6) is -0.675. The molecule has 0 saturated heterocycles. The highest BCUT2D eigenvalue weighted by Crippen LogP contribution is 2.28. The van der Waals surface area contributed by atoms with E-state index in [1.54, 1.807) is 36.6 Å². The first kappa shape index (κ1) is 22.2. The van der Waals surface area contributed by atoms with Crippen molar-refractivity contribution >= 4 is 17.9 Å². The Morgan fingerprint density at radius 1 is 0.939 bits per heavy atom. The molecule has 0 N–H and O–H groups in total. The van der Waals surface area contributed by atoms with Crippen LogP contribution in [-0.4, -0.2) is 6.29 Å². The van der Waals surface area contributed by atoms with Crippen LogP contribution in [0.1, 0.15) is 38.2 Å². The molecule has 0 aliphatic rings. The van der Waals surface area contributed by atoms with Crippen LogP contribution < -0.4 is 0 Å². The third-order valence-corrected chi connectivity index (χ3v) is 5.57. The Morgan fingerprint density at radius 2 is 1.73 bits per heavy atom. The summed E-state index contributed by atoms with van der Waals surface area (Å²) >= 11 is 0. The van der Waals surface area contributed by atoms with Crippen LogP contribution in [0.3, 0.4) is 0 Å². The molecule has 4 aromatic rings. The summed E-state index contributed by atoms with van der Waals surface area (Å²) in [7, 11) is 0. The van der Waals surface area contributed by atoms with E-state index in [2.05, 4.69) is 11.8 Å². The number of hydrogen-bond acceptors (Lipinski definition) is 2. The fraction of sp³-hybridized carbons (Fsp3) is 0.103. The van der Waals surface area contributed by atoms with Crippen molar-refractivity contribution in [3.05, 3.63) is 124 Å². The number of aryl methyl sites for hydroxylation is 2. The van der Waals surface area contributed by atoms with Crippen LogP contribution in [0.5, 0.6) is 0 Å². The summed E-state index contributed by atoms with van der Waals surface area (Å²) in [6, 6.07) is 18.4. The van der Waals surface area contributed by atoms with Crippen LogP contribution in [0.15, 0.2) is 83.1 Å². The van der Waals surface area contributed by atoms with Crippen LogP contribution in [-0.2, 0) is 6.42 Å². The van der Waals surface area contributed by atoms with Gasteiger partial charge in [-0.1, -0.05) is 30.3 Å². The maximum absolute atomic E-state index is 14.0. The monoisotopic (exact) mass is 440 g/mol. The average Bonchev–Trinajstić information content (AvgIpc) is 3.33. The number of aldehydes is 1. The van der Waals surface area contributed by atoms with Crippen molar-refractivity contribution in [3.8, 4) is 11.3 Å². The zero-order valence-corrected chi connectivity index (χ0v) is 18.4. The van der Waals surface area contributed by atoms with E-state index in [0.717, 1.165) is 34.6 Å². The molecule has 3 aromatic carbocycles. The molecule has 164 valence electrons. The minimum Gasteiger partial charge on any atom is -0.464 e. The first-order chi connectivity index (χ1) is 15.9. The second kappa shape index (κ2) is 9.64. The summed E-state index contributed by atoms with van der Waals surface area (Å²) < 4.78 is 33.5. The minimum atomic E-state index is -0.643. The predicted molar refractivity (Wildman–Crippen MR) is 127 cm³/mol. The maximum Gasteiger partial charge on any atom is 0.150 e. The lowest BCUT2D eigenvalue weighted by Gasteiger charge is -2.09. The molecule has 0 aliphatic heterocycles. The van der Waals surface area contributed by atoms with Gasteiger partial charge < -0.3 is 4.42 Å². The highest BCUT2D eigenvalue weighted by atomic mass is 19.1. The molecule has 0 fully saturated rings. The van der Waals surface area contributed by atoms with Gasteiger partial charge in [-0.15, -0.1) is 5.73 Å². The van der Waals surface area contributed by atoms with Crippen LogP contribution in [0, 0.1) is 25.5 Å². The first-order valence-corrected chi connectivity index (χ1v) is 10.5. The van der Waals surface area contributed by atoms with Crippen molar-refractivity contribution in [2.24, 2.45) is 0 Å². The Labute approximate surface area is 191 Å². The molecular formula is C29H22F2O2. The summed E-state index contributed by atoms with van der Waals surface area (Å²) in [4.78, 5) is 11.3. The molecule has 33 heavy (non-hydrogen) atoms. The number of benzene rings is 3. The smallest absolute Gasteiger partial charge is 0.150 e. The van der Waals surface area contributed by atoms with Gasteiger partial charge in [0, 0.05) is 29.2 Å². The van der Waals surface area contributed by atoms with Crippen molar-refractivity contribution in [2.45, 2.75) is 20.3 Å². The van der Waals surface area contributed by atoms with E-state index in [0.29, 0.717) is 28.9 Å². The summed E-state index contributed by atoms with van der Waals surface area (Å²) in [6.07, 6.45) is 4.54. The maximum atomic E-state index is 14.0. The Balaban J connectivity index is 1.85. The van der Waals surface area contributed by atoms with Crippen molar-refractivity contribution < 1.29 is 18.0 Å². The van der Waals surface area contributed by atoms with Gasteiger partial charge in [0.05, 0.1) is 6.26 Å². The predicted octanol–water partition coefficient (Wildman–Crippen LogP) is 7.59. The standard InChI is InChI=1S/C29H22F2O2/c1-19-5-6-21(12-20(19)2)13-24(25-15-26(30)17-27(31)16-25)10-9-23-8-7-22(18-32)14-28(23)29-4-3-11-33-29/h3-9,11-12,14-18H,13H2,1-2H3. The molecule has 0 saturated carbocycles. The minimum absolute atomic E-state index is 0.422. The van der Waals surface area contributed by atoms with Gasteiger partial charge in [0.2, 0.25) is 0 Å². The van der Waals surface area contributed by atoms with Gasteiger partial charge in [0.15, 0.2) is 0 Å². The number of carbonyl (C=O) groups excluding carboxylic acids is 1. The zero-order chi connectivity index (χ0) is 23.4. The number of carbonyl (C=O) groups is 1. The summed E-state index contributed by atoms with van der Waals surface area (Å²) in [6.45, 7) is 4.07. The van der Waals surface area contributed by atoms with E-state index < -0.39 is 11.6 Å². The van der Waals surface area contributed by atoms with Crippen molar-refractivity contribution in [3.63, 3.8) is 0 Å². The fourth-order valence-electron chi connectivity index (χ4n) is 3.67. The summed E-state index contributed by atoms with van der Waals surface area (Å²) in [5.41, 5.74) is 9.67. The molecular weight excluding hydrogens is 418 g/mol. The lowest BCUT2D eigenvalue weighted by atomic mass is 9.95. The van der Waals surface area contributed by atoms with Gasteiger partial charge in [-0.3, -0.25) is 4.79 Å². The van der Waals surface area contributed by atoms with E-state index in [9.17, 15) is 13.6 Å². The molecule has 0 aliphatic carbocycles. The molecule has 0 bridgehead atoms.